The van der Waals surface area contributed by atoms with Crippen molar-refractivity contribution < 1.29 is 13.5 Å². The first kappa shape index (κ1) is 17.3. The van der Waals surface area contributed by atoms with Crippen LogP contribution in [-0.2, 0) is 17.1 Å². The summed E-state index contributed by atoms with van der Waals surface area (Å²) in [6.45, 7) is 1.90. The molecule has 2 N–H and O–H groups in total. The van der Waals surface area contributed by atoms with Crippen molar-refractivity contribution in [3.8, 4) is 0 Å². The van der Waals surface area contributed by atoms with E-state index in [1.54, 1.807) is 19.2 Å². The number of aryl methyl sites for hydroxylation is 1. The van der Waals surface area contributed by atoms with Gasteiger partial charge in [-0.2, -0.15) is 15.0 Å². The maximum absolute atomic E-state index is 12.6. The largest absolute Gasteiger partial charge is 0.395 e. The molecule has 2 heterocycles. The van der Waals surface area contributed by atoms with Crippen LogP contribution in [0.3, 0.4) is 0 Å². The number of fused-ring (bicyclic) bond motifs is 1. The summed E-state index contributed by atoms with van der Waals surface area (Å²) in [6, 6.07) is 5.07. The molecule has 0 spiro atoms. The van der Waals surface area contributed by atoms with Gasteiger partial charge in [0.25, 0.3) is 0 Å². The van der Waals surface area contributed by atoms with Gasteiger partial charge in [-0.3, -0.25) is 4.90 Å². The molecule has 24 heavy (non-hydrogen) atoms. The van der Waals surface area contributed by atoms with Gasteiger partial charge in [-0.1, -0.05) is 12.5 Å². The zero-order valence-corrected chi connectivity index (χ0v) is 14.5. The molecule has 1 aromatic heterocycles. The number of nitrogens with zero attached hydrogens (tertiary/aromatic N) is 4. The fourth-order valence-corrected chi connectivity index (χ4v) is 4.37. The first-order valence-corrected chi connectivity index (χ1v) is 9.64. The second-order valence-corrected chi connectivity index (χ2v) is 7.81. The van der Waals surface area contributed by atoms with Gasteiger partial charge in [0.1, 0.15) is 15.9 Å². The zero-order chi connectivity index (χ0) is 17.2. The molecule has 0 unspecified atom stereocenters. The van der Waals surface area contributed by atoms with Crippen LogP contribution in [0.4, 0.5) is 0 Å². The second-order valence-electron chi connectivity index (χ2n) is 6.08. The van der Waals surface area contributed by atoms with Gasteiger partial charge in [0.15, 0.2) is 0 Å². The van der Waals surface area contributed by atoms with Crippen molar-refractivity contribution in [2.24, 2.45) is 7.05 Å². The fourth-order valence-electron chi connectivity index (χ4n) is 3.19. The van der Waals surface area contributed by atoms with Gasteiger partial charge in [-0.25, -0.2) is 13.1 Å². The number of aliphatic hydroxyl groups is 1. The summed E-state index contributed by atoms with van der Waals surface area (Å²) in [5.41, 5.74) is 0.926. The molecule has 8 nitrogen and oxygen atoms in total. The topological polar surface area (TPSA) is 100 Å². The average molecular weight is 353 g/mol. The Morgan fingerprint density at radius 2 is 2.17 bits per heavy atom. The van der Waals surface area contributed by atoms with E-state index in [9.17, 15) is 13.5 Å². The average Bonchev–Trinajstić information content (AvgIpc) is 2.95. The molecular formula is C15H23N5O3S. The van der Waals surface area contributed by atoms with E-state index in [4.69, 9.17) is 0 Å². The molecule has 1 atom stereocenters. The van der Waals surface area contributed by atoms with Crippen molar-refractivity contribution in [2.75, 3.05) is 26.2 Å². The van der Waals surface area contributed by atoms with Crippen molar-refractivity contribution >= 4 is 21.1 Å². The number of aromatic nitrogens is 3. The third-order valence-electron chi connectivity index (χ3n) is 4.42. The summed E-state index contributed by atoms with van der Waals surface area (Å²) in [6.07, 6.45) is 3.16. The predicted molar refractivity (Wildman–Crippen MR) is 90.0 cm³/mol. The van der Waals surface area contributed by atoms with Crippen LogP contribution in [-0.4, -0.2) is 65.7 Å². The molecule has 9 heteroatoms. The van der Waals surface area contributed by atoms with Gasteiger partial charge in [0, 0.05) is 26.2 Å². The third-order valence-corrected chi connectivity index (χ3v) is 5.91. The van der Waals surface area contributed by atoms with Crippen LogP contribution in [0.2, 0.25) is 0 Å². The normalized spacial score (nSPS) is 19.8. The minimum absolute atomic E-state index is 0.117. The molecule has 0 bridgehead atoms. The molecule has 1 aliphatic rings. The number of hydrogen-bond acceptors (Lipinski definition) is 6. The van der Waals surface area contributed by atoms with Crippen LogP contribution in [0.1, 0.15) is 19.3 Å². The summed E-state index contributed by atoms with van der Waals surface area (Å²) < 4.78 is 27.8. The summed E-state index contributed by atoms with van der Waals surface area (Å²) in [5.74, 6) is 0. The monoisotopic (exact) mass is 353 g/mol. The van der Waals surface area contributed by atoms with E-state index in [2.05, 4.69) is 19.8 Å². The quantitative estimate of drug-likeness (QED) is 0.764. The Hall–Kier alpha value is -1.55. The van der Waals surface area contributed by atoms with Crippen molar-refractivity contribution in [1.29, 1.82) is 0 Å². The Kier molecular flexibility index (Phi) is 5.14. The second kappa shape index (κ2) is 7.14. The van der Waals surface area contributed by atoms with E-state index >= 15 is 0 Å². The highest BCUT2D eigenvalue weighted by Crippen LogP contribution is 2.19. The molecule has 0 radical (unpaired) electrons. The minimum atomic E-state index is -3.65. The van der Waals surface area contributed by atoms with Gasteiger partial charge in [0.2, 0.25) is 10.0 Å². The highest BCUT2D eigenvalue weighted by molar-refractivity contribution is 7.89. The maximum Gasteiger partial charge on any atom is 0.242 e. The fraction of sp³-hybridized carbons (Fsp3) is 0.600. The lowest BCUT2D eigenvalue weighted by Crippen LogP contribution is -2.45. The van der Waals surface area contributed by atoms with E-state index in [1.165, 1.54) is 10.9 Å². The minimum Gasteiger partial charge on any atom is -0.395 e. The van der Waals surface area contributed by atoms with Gasteiger partial charge in [-0.15, -0.1) is 0 Å². The van der Waals surface area contributed by atoms with E-state index in [-0.39, 0.29) is 17.5 Å². The molecule has 1 aromatic carbocycles. The molecular weight excluding hydrogens is 330 g/mol. The number of sulfonamides is 1. The standard InChI is InChI=1S/C15H23N5O3S/c1-19-17-13-6-4-7-14(15(13)18-19)24(22,23)16-8-10-20-9-3-2-5-12(20)11-21/h4,6-7,12,16,21H,2-3,5,8-11H2,1H3/t12-/m1/s1. The van der Waals surface area contributed by atoms with Crippen LogP contribution in [0.15, 0.2) is 23.1 Å². The lowest BCUT2D eigenvalue weighted by Gasteiger charge is -2.34. The summed E-state index contributed by atoms with van der Waals surface area (Å²) in [5, 5.41) is 17.7. The Morgan fingerprint density at radius 3 is 2.96 bits per heavy atom. The van der Waals surface area contributed by atoms with Crippen molar-refractivity contribution in [3.05, 3.63) is 18.2 Å². The SMILES string of the molecule is Cn1nc2cccc(S(=O)(=O)NCCN3CCCC[C@@H]3CO)c2n1. The molecule has 2 aromatic rings. The summed E-state index contributed by atoms with van der Waals surface area (Å²) in [7, 11) is -1.99. The lowest BCUT2D eigenvalue weighted by atomic mass is 10.0. The van der Waals surface area contributed by atoms with Gasteiger partial charge in [-0.05, 0) is 31.5 Å². The van der Waals surface area contributed by atoms with Gasteiger partial charge in [0.05, 0.1) is 6.61 Å². The smallest absolute Gasteiger partial charge is 0.242 e. The highest BCUT2D eigenvalue weighted by atomic mass is 32.2. The Balaban J connectivity index is 1.69. The zero-order valence-electron chi connectivity index (χ0n) is 13.7. The molecule has 1 saturated heterocycles. The van der Waals surface area contributed by atoms with Crippen molar-refractivity contribution in [1.82, 2.24) is 24.6 Å². The Morgan fingerprint density at radius 1 is 1.33 bits per heavy atom. The molecule has 1 fully saturated rings. The molecule has 1 aliphatic heterocycles. The van der Waals surface area contributed by atoms with Gasteiger partial charge < -0.3 is 5.11 Å². The molecule has 0 aliphatic carbocycles. The van der Waals surface area contributed by atoms with Crippen LogP contribution >= 0.6 is 0 Å². The third kappa shape index (κ3) is 3.59. The molecule has 3 rings (SSSR count). The number of benzene rings is 1. The highest BCUT2D eigenvalue weighted by Gasteiger charge is 2.23. The van der Waals surface area contributed by atoms with Crippen LogP contribution in [0, 0.1) is 0 Å². The number of likely N-dealkylation sites (tertiary alicyclic amines) is 1. The summed E-state index contributed by atoms with van der Waals surface area (Å²) >= 11 is 0. The number of nitrogens with one attached hydrogen (secondary N) is 1. The number of hydrogen-bond donors (Lipinski definition) is 2. The van der Waals surface area contributed by atoms with Crippen LogP contribution in [0.5, 0.6) is 0 Å². The van der Waals surface area contributed by atoms with Gasteiger partial charge >= 0.3 is 0 Å². The van der Waals surface area contributed by atoms with E-state index in [0.717, 1.165) is 25.8 Å². The first-order valence-electron chi connectivity index (χ1n) is 8.16. The van der Waals surface area contributed by atoms with Crippen molar-refractivity contribution in [3.63, 3.8) is 0 Å². The van der Waals surface area contributed by atoms with E-state index in [0.29, 0.717) is 24.1 Å². The molecule has 0 saturated carbocycles. The first-order chi connectivity index (χ1) is 11.5. The number of piperidine rings is 1. The van der Waals surface area contributed by atoms with Crippen LogP contribution in [0.25, 0.3) is 11.0 Å². The number of aliphatic hydroxyl groups excluding tert-OH is 1. The molecule has 132 valence electrons. The molecule has 0 amide bonds. The summed E-state index contributed by atoms with van der Waals surface area (Å²) in [4.78, 5) is 3.66. The number of rotatable bonds is 6. The Labute approximate surface area is 141 Å². The Bertz CT molecular complexity index is 805. The predicted octanol–water partition coefficient (Wildman–Crippen LogP) is 0.0934. The van der Waals surface area contributed by atoms with E-state index in [1.807, 2.05) is 0 Å². The van der Waals surface area contributed by atoms with E-state index < -0.39 is 10.0 Å². The lowest BCUT2D eigenvalue weighted by molar-refractivity contribution is 0.0923. The van der Waals surface area contributed by atoms with Crippen LogP contribution < -0.4 is 4.72 Å². The maximum atomic E-state index is 12.6. The van der Waals surface area contributed by atoms with Crippen molar-refractivity contribution in [2.45, 2.75) is 30.2 Å².